The van der Waals surface area contributed by atoms with E-state index in [-0.39, 0.29) is 23.7 Å². The monoisotopic (exact) mass is 598 g/mol. The van der Waals surface area contributed by atoms with Gasteiger partial charge in [-0.2, -0.15) is 0 Å². The summed E-state index contributed by atoms with van der Waals surface area (Å²) in [5.74, 6) is -1.08. The van der Waals surface area contributed by atoms with Crippen LogP contribution in [0.1, 0.15) is 33.3 Å². The van der Waals surface area contributed by atoms with E-state index in [1.165, 1.54) is 24.1 Å². The number of ether oxygens (including phenoxy) is 1. The molecule has 2 aromatic rings. The van der Waals surface area contributed by atoms with E-state index in [4.69, 9.17) is 4.74 Å². The van der Waals surface area contributed by atoms with Crippen LogP contribution in [0.4, 0.5) is 11.4 Å². The van der Waals surface area contributed by atoms with Crippen molar-refractivity contribution in [1.82, 2.24) is 10.2 Å². The Bertz CT molecular complexity index is 1280. The van der Waals surface area contributed by atoms with Gasteiger partial charge in [-0.1, -0.05) is 28.1 Å². The van der Waals surface area contributed by atoms with Gasteiger partial charge in [0.1, 0.15) is 24.0 Å². The van der Waals surface area contributed by atoms with Crippen molar-refractivity contribution in [3.8, 4) is 5.75 Å². The quantitative estimate of drug-likeness (QED) is 0.326. The first-order valence-corrected chi connectivity index (χ1v) is 13.8. The number of nitrogens with one attached hydrogen (secondary N) is 1. The summed E-state index contributed by atoms with van der Waals surface area (Å²) in [6.45, 7) is 6.27. The van der Waals surface area contributed by atoms with E-state index in [1.807, 2.05) is 6.07 Å². The average molecular weight is 600 g/mol. The van der Waals surface area contributed by atoms with Crippen LogP contribution in [-0.4, -0.2) is 61.5 Å². The number of halogens is 1. The molecule has 1 N–H and O–H groups in total. The zero-order chi connectivity index (χ0) is 28.1. The van der Waals surface area contributed by atoms with E-state index in [0.717, 1.165) is 21.1 Å². The highest BCUT2D eigenvalue weighted by molar-refractivity contribution is 9.10. The van der Waals surface area contributed by atoms with Crippen molar-refractivity contribution >= 4 is 49.1 Å². The third-order valence-electron chi connectivity index (χ3n) is 5.23. The number of rotatable bonds is 10. The largest absolute Gasteiger partial charge is 0.495 e. The summed E-state index contributed by atoms with van der Waals surface area (Å²) in [6.07, 6.45) is 0.882. The molecular formula is C24H31BrN4O7S. The summed E-state index contributed by atoms with van der Waals surface area (Å²) in [5, 5.41) is 14.2. The molecule has 0 bridgehead atoms. The zero-order valence-corrected chi connectivity index (χ0v) is 23.9. The number of nitro benzene ring substituents is 1. The van der Waals surface area contributed by atoms with Crippen molar-refractivity contribution in [3.63, 3.8) is 0 Å². The van der Waals surface area contributed by atoms with Gasteiger partial charge in [0.25, 0.3) is 5.69 Å². The molecule has 13 heteroatoms. The lowest BCUT2D eigenvalue weighted by Gasteiger charge is -2.33. The van der Waals surface area contributed by atoms with Gasteiger partial charge in [0.05, 0.1) is 18.3 Å². The van der Waals surface area contributed by atoms with Crippen LogP contribution < -0.4 is 14.4 Å². The fourth-order valence-corrected chi connectivity index (χ4v) is 4.76. The Balaban J connectivity index is 2.53. The second-order valence-corrected chi connectivity index (χ2v) is 12.3. The first kappa shape index (κ1) is 30.0. The number of carbonyl (C=O) groups is 2. The number of non-ortho nitro benzene ring substituents is 1. The lowest BCUT2D eigenvalue weighted by molar-refractivity contribution is -0.384. The molecule has 2 aromatic carbocycles. The lowest BCUT2D eigenvalue weighted by Crippen LogP contribution is -2.54. The highest BCUT2D eigenvalue weighted by Gasteiger charge is 2.33. The Morgan fingerprint density at radius 3 is 2.35 bits per heavy atom. The van der Waals surface area contributed by atoms with Crippen molar-refractivity contribution in [1.29, 1.82) is 0 Å². The summed E-state index contributed by atoms with van der Waals surface area (Å²) >= 11 is 3.39. The SMILES string of the molecule is COc1ccc([N+](=O)[O-])cc1N(CC(=O)N(Cc1cccc(Br)c1)[C@@H](C)C(=O)NC(C)(C)C)S(C)(=O)=O. The first-order chi connectivity index (χ1) is 17.0. The van der Waals surface area contributed by atoms with Crippen molar-refractivity contribution in [2.45, 2.75) is 45.8 Å². The molecule has 1 atom stereocenters. The van der Waals surface area contributed by atoms with E-state index in [9.17, 15) is 28.1 Å². The van der Waals surface area contributed by atoms with Crippen LogP contribution in [0.5, 0.6) is 5.75 Å². The van der Waals surface area contributed by atoms with Crippen LogP contribution >= 0.6 is 15.9 Å². The van der Waals surface area contributed by atoms with Gasteiger partial charge < -0.3 is 15.0 Å². The van der Waals surface area contributed by atoms with Crippen LogP contribution in [0.15, 0.2) is 46.9 Å². The molecule has 0 heterocycles. The number of hydrogen-bond acceptors (Lipinski definition) is 7. The number of hydrogen-bond donors (Lipinski definition) is 1. The standard InChI is InChI=1S/C24H31BrN4O7S/c1-16(23(31)26-24(2,3)4)27(14-17-8-7-9-18(25)12-17)22(30)15-28(37(6,34)35)20-13-19(29(32)33)10-11-21(20)36-5/h7-13,16H,14-15H2,1-6H3,(H,26,31)/t16-/m0/s1. The van der Waals surface area contributed by atoms with Crippen molar-refractivity contribution < 1.29 is 27.7 Å². The van der Waals surface area contributed by atoms with E-state index in [2.05, 4.69) is 21.2 Å². The molecule has 0 saturated heterocycles. The molecule has 2 rings (SSSR count). The summed E-state index contributed by atoms with van der Waals surface area (Å²) < 4.78 is 32.3. The van der Waals surface area contributed by atoms with Gasteiger partial charge >= 0.3 is 0 Å². The Kier molecular flexibility index (Phi) is 9.66. The maximum Gasteiger partial charge on any atom is 0.271 e. The number of benzene rings is 2. The number of anilines is 1. The Hall–Kier alpha value is -3.19. The molecule has 0 aliphatic carbocycles. The molecule has 0 aliphatic rings. The topological polar surface area (TPSA) is 139 Å². The third-order valence-corrected chi connectivity index (χ3v) is 6.85. The van der Waals surface area contributed by atoms with Gasteiger partial charge in [-0.25, -0.2) is 8.42 Å². The summed E-state index contributed by atoms with van der Waals surface area (Å²) in [7, 11) is -2.82. The maximum atomic E-state index is 13.6. The second-order valence-electron chi connectivity index (χ2n) is 9.45. The van der Waals surface area contributed by atoms with E-state index in [1.54, 1.807) is 45.9 Å². The van der Waals surface area contributed by atoms with Crippen LogP contribution in [0, 0.1) is 10.1 Å². The smallest absolute Gasteiger partial charge is 0.271 e. The number of methoxy groups -OCH3 is 1. The third kappa shape index (κ3) is 8.42. The van der Waals surface area contributed by atoms with Crippen LogP contribution in [0.25, 0.3) is 0 Å². The minimum atomic E-state index is -4.10. The predicted molar refractivity (Wildman–Crippen MR) is 144 cm³/mol. The second kappa shape index (κ2) is 11.9. The minimum absolute atomic E-state index is 0.0146. The molecular weight excluding hydrogens is 568 g/mol. The summed E-state index contributed by atoms with van der Waals surface area (Å²) in [6, 6.07) is 9.65. The summed E-state index contributed by atoms with van der Waals surface area (Å²) in [5.41, 5.74) is -0.398. The molecule has 202 valence electrons. The number of nitro groups is 1. The lowest BCUT2D eigenvalue weighted by atomic mass is 10.1. The Labute approximate surface area is 225 Å². The highest BCUT2D eigenvalue weighted by Crippen LogP contribution is 2.34. The summed E-state index contributed by atoms with van der Waals surface area (Å²) in [4.78, 5) is 38.6. The van der Waals surface area contributed by atoms with Gasteiger partial charge in [0.2, 0.25) is 21.8 Å². The molecule has 2 amide bonds. The van der Waals surface area contributed by atoms with E-state index >= 15 is 0 Å². The molecule has 0 aliphatic heterocycles. The van der Waals surface area contributed by atoms with Crippen molar-refractivity contribution in [3.05, 3.63) is 62.6 Å². The molecule has 11 nitrogen and oxygen atoms in total. The number of amides is 2. The molecule has 0 fully saturated rings. The number of carbonyl (C=O) groups excluding carboxylic acids is 2. The van der Waals surface area contributed by atoms with Gasteiger partial charge in [-0.15, -0.1) is 0 Å². The Morgan fingerprint density at radius 2 is 1.84 bits per heavy atom. The molecule has 0 unspecified atom stereocenters. The number of nitrogens with zero attached hydrogens (tertiary/aromatic N) is 3. The van der Waals surface area contributed by atoms with Gasteiger partial charge in [-0.05, 0) is 51.5 Å². The molecule has 0 saturated carbocycles. The van der Waals surface area contributed by atoms with Gasteiger partial charge in [-0.3, -0.25) is 24.0 Å². The van der Waals surface area contributed by atoms with Crippen LogP contribution in [0.2, 0.25) is 0 Å². The normalized spacial score (nSPS) is 12.4. The minimum Gasteiger partial charge on any atom is -0.495 e. The van der Waals surface area contributed by atoms with Gasteiger partial charge in [0, 0.05) is 28.7 Å². The van der Waals surface area contributed by atoms with Crippen molar-refractivity contribution in [2.75, 3.05) is 24.2 Å². The molecule has 37 heavy (non-hydrogen) atoms. The average Bonchev–Trinajstić information content (AvgIpc) is 2.78. The molecule has 0 aromatic heterocycles. The molecule has 0 radical (unpaired) electrons. The van der Waals surface area contributed by atoms with Gasteiger partial charge in [0.15, 0.2) is 0 Å². The number of sulfonamides is 1. The fourth-order valence-electron chi connectivity index (χ4n) is 3.47. The predicted octanol–water partition coefficient (Wildman–Crippen LogP) is 3.46. The first-order valence-electron chi connectivity index (χ1n) is 11.2. The van der Waals surface area contributed by atoms with Crippen LogP contribution in [0.3, 0.4) is 0 Å². The van der Waals surface area contributed by atoms with E-state index in [0.29, 0.717) is 5.56 Å². The Morgan fingerprint density at radius 1 is 1.19 bits per heavy atom. The highest BCUT2D eigenvalue weighted by atomic mass is 79.9. The van der Waals surface area contributed by atoms with E-state index < -0.39 is 44.9 Å². The fraction of sp³-hybridized carbons (Fsp3) is 0.417. The van der Waals surface area contributed by atoms with Crippen LogP contribution in [-0.2, 0) is 26.2 Å². The maximum absolute atomic E-state index is 13.6. The molecule has 0 spiro atoms. The zero-order valence-electron chi connectivity index (χ0n) is 21.5. The van der Waals surface area contributed by atoms with Crippen molar-refractivity contribution in [2.24, 2.45) is 0 Å².